The molecule has 1 aromatic rings. The van der Waals surface area contributed by atoms with E-state index in [0.29, 0.717) is 5.92 Å². The number of carboxylic acid groups (broad SMARTS) is 1. The number of hydrogen-bond donors (Lipinski definition) is 1. The van der Waals surface area contributed by atoms with Gasteiger partial charge in [-0.15, -0.1) is 0 Å². The van der Waals surface area contributed by atoms with Gasteiger partial charge in [0, 0.05) is 12.7 Å². The van der Waals surface area contributed by atoms with Gasteiger partial charge in [0.1, 0.15) is 5.41 Å². The Kier molecular flexibility index (Phi) is 2.06. The van der Waals surface area contributed by atoms with Crippen molar-refractivity contribution in [3.8, 4) is 0 Å². The minimum atomic E-state index is -0.692. The lowest BCUT2D eigenvalue weighted by atomic mass is 9.85. The molecule has 1 N–H and O–H groups in total. The molecule has 4 nitrogen and oxygen atoms in total. The predicted octanol–water partition coefficient (Wildman–Crippen LogP) is 1.80. The van der Waals surface area contributed by atoms with Gasteiger partial charge in [0.2, 0.25) is 0 Å². The smallest absolute Gasteiger partial charge is 0.315 e. The molecule has 2 fully saturated rings. The minimum Gasteiger partial charge on any atom is -0.481 e. The van der Waals surface area contributed by atoms with Crippen LogP contribution >= 0.6 is 0 Å². The van der Waals surface area contributed by atoms with Gasteiger partial charge in [0.05, 0.1) is 5.69 Å². The summed E-state index contributed by atoms with van der Waals surface area (Å²) in [5.41, 5.74) is 0.298. The summed E-state index contributed by atoms with van der Waals surface area (Å²) >= 11 is 0. The molecule has 4 heteroatoms. The van der Waals surface area contributed by atoms with E-state index in [4.69, 9.17) is 0 Å². The molecule has 0 radical (unpaired) electrons. The van der Waals surface area contributed by atoms with E-state index < -0.39 is 11.4 Å². The van der Waals surface area contributed by atoms with Crippen molar-refractivity contribution in [2.24, 2.45) is 5.92 Å². The van der Waals surface area contributed by atoms with Gasteiger partial charge in [-0.3, -0.25) is 9.48 Å². The van der Waals surface area contributed by atoms with Gasteiger partial charge >= 0.3 is 5.97 Å². The molecule has 0 spiro atoms. The molecule has 2 aliphatic carbocycles. The Labute approximate surface area is 94.3 Å². The van der Waals surface area contributed by atoms with Crippen LogP contribution in [0, 0.1) is 5.92 Å². The first-order valence-electron chi connectivity index (χ1n) is 5.98. The first-order chi connectivity index (χ1) is 7.72. The van der Waals surface area contributed by atoms with Crippen molar-refractivity contribution in [2.45, 2.75) is 44.1 Å². The molecule has 2 saturated carbocycles. The Balaban J connectivity index is 1.84. The molecule has 2 aliphatic rings. The van der Waals surface area contributed by atoms with Crippen molar-refractivity contribution in [1.82, 2.24) is 9.78 Å². The second-order valence-corrected chi connectivity index (χ2v) is 5.08. The van der Waals surface area contributed by atoms with Crippen molar-refractivity contribution >= 4 is 5.97 Å². The Morgan fingerprint density at radius 1 is 1.56 bits per heavy atom. The molecule has 86 valence electrons. The number of aromatic nitrogens is 2. The number of rotatable bonds is 4. The lowest BCUT2D eigenvalue weighted by Gasteiger charge is -2.26. The molecule has 0 atom stereocenters. The third-order valence-corrected chi connectivity index (χ3v) is 4.02. The monoisotopic (exact) mass is 220 g/mol. The molecular weight excluding hydrogens is 204 g/mol. The number of carboxylic acids is 1. The maximum atomic E-state index is 11.3. The van der Waals surface area contributed by atoms with E-state index in [2.05, 4.69) is 5.10 Å². The average molecular weight is 220 g/mol. The van der Waals surface area contributed by atoms with E-state index >= 15 is 0 Å². The van der Waals surface area contributed by atoms with Crippen LogP contribution in [0.25, 0.3) is 0 Å². The molecule has 0 amide bonds. The van der Waals surface area contributed by atoms with Crippen LogP contribution < -0.4 is 0 Å². The fraction of sp³-hybridized carbons (Fsp3) is 0.667. The highest BCUT2D eigenvalue weighted by Gasteiger charge is 2.54. The minimum absolute atomic E-state index is 0.611. The summed E-state index contributed by atoms with van der Waals surface area (Å²) in [6.07, 6.45) is 7.10. The van der Waals surface area contributed by atoms with E-state index in [0.717, 1.165) is 25.1 Å². The summed E-state index contributed by atoms with van der Waals surface area (Å²) in [5, 5.41) is 13.5. The molecule has 1 aromatic heterocycles. The molecule has 16 heavy (non-hydrogen) atoms. The van der Waals surface area contributed by atoms with Crippen molar-refractivity contribution < 1.29 is 9.90 Å². The van der Waals surface area contributed by atoms with Crippen LogP contribution in [-0.2, 0) is 16.8 Å². The fourth-order valence-corrected chi connectivity index (χ4v) is 2.51. The van der Waals surface area contributed by atoms with Crippen molar-refractivity contribution in [2.75, 3.05) is 0 Å². The molecule has 0 saturated heterocycles. The van der Waals surface area contributed by atoms with Crippen molar-refractivity contribution in [1.29, 1.82) is 0 Å². The number of hydrogen-bond acceptors (Lipinski definition) is 2. The standard InChI is InChI=1S/C12H16N2O2/c15-11(16)12(5-6-12)10-4-7-13-14(10)8-9-2-1-3-9/h4,7,9H,1-3,5-6,8H2,(H,15,16). The SMILES string of the molecule is O=C(O)C1(c2ccnn2CC2CCC2)CC1. The highest BCUT2D eigenvalue weighted by molar-refractivity contribution is 5.84. The average Bonchev–Trinajstić information content (AvgIpc) is 2.87. The normalized spacial score (nSPS) is 22.8. The maximum Gasteiger partial charge on any atom is 0.315 e. The highest BCUT2D eigenvalue weighted by Crippen LogP contribution is 2.48. The molecule has 0 aromatic carbocycles. The number of nitrogens with zero attached hydrogens (tertiary/aromatic N) is 2. The first kappa shape index (κ1) is 9.87. The van der Waals surface area contributed by atoms with Crippen molar-refractivity contribution in [3.05, 3.63) is 18.0 Å². The Bertz CT molecular complexity index is 416. The van der Waals surface area contributed by atoms with E-state index in [1.807, 2.05) is 10.7 Å². The molecule has 1 heterocycles. The van der Waals surface area contributed by atoms with Gasteiger partial charge in [-0.05, 0) is 37.7 Å². The summed E-state index contributed by atoms with van der Waals surface area (Å²) in [4.78, 5) is 11.3. The first-order valence-corrected chi connectivity index (χ1v) is 5.98. The molecule has 0 unspecified atom stereocenters. The topological polar surface area (TPSA) is 55.1 Å². The van der Waals surface area contributed by atoms with Gasteiger partial charge in [-0.1, -0.05) is 6.42 Å². The third-order valence-electron chi connectivity index (χ3n) is 4.02. The van der Waals surface area contributed by atoms with Gasteiger partial charge in [0.15, 0.2) is 0 Å². The predicted molar refractivity (Wildman–Crippen MR) is 58.1 cm³/mol. The van der Waals surface area contributed by atoms with E-state index in [-0.39, 0.29) is 0 Å². The molecular formula is C12H16N2O2. The van der Waals surface area contributed by atoms with E-state index in [1.165, 1.54) is 19.3 Å². The van der Waals surface area contributed by atoms with Gasteiger partial charge in [-0.2, -0.15) is 5.10 Å². The van der Waals surface area contributed by atoms with Crippen LogP contribution in [0.15, 0.2) is 12.3 Å². The molecule has 0 bridgehead atoms. The Morgan fingerprint density at radius 2 is 2.31 bits per heavy atom. The lowest BCUT2D eigenvalue weighted by molar-refractivity contribution is -0.140. The van der Waals surface area contributed by atoms with Crippen LogP contribution in [0.3, 0.4) is 0 Å². The third kappa shape index (κ3) is 1.36. The van der Waals surface area contributed by atoms with E-state index in [9.17, 15) is 9.90 Å². The lowest BCUT2D eigenvalue weighted by Crippen LogP contribution is -2.27. The summed E-state index contributed by atoms with van der Waals surface area (Å²) in [6, 6.07) is 1.87. The summed E-state index contributed by atoms with van der Waals surface area (Å²) in [5.74, 6) is 0.0195. The van der Waals surface area contributed by atoms with Gasteiger partial charge in [-0.25, -0.2) is 0 Å². The summed E-state index contributed by atoms with van der Waals surface area (Å²) in [6.45, 7) is 0.900. The van der Waals surface area contributed by atoms with Crippen LogP contribution in [0.4, 0.5) is 0 Å². The quantitative estimate of drug-likeness (QED) is 0.841. The zero-order chi connectivity index (χ0) is 11.2. The highest BCUT2D eigenvalue weighted by atomic mass is 16.4. The largest absolute Gasteiger partial charge is 0.481 e. The van der Waals surface area contributed by atoms with Crippen LogP contribution in [0.5, 0.6) is 0 Å². The fourth-order valence-electron chi connectivity index (χ4n) is 2.51. The summed E-state index contributed by atoms with van der Waals surface area (Å²) < 4.78 is 1.92. The second kappa shape index (κ2) is 3.34. The number of carbonyl (C=O) groups is 1. The van der Waals surface area contributed by atoms with E-state index in [1.54, 1.807) is 6.20 Å². The maximum absolute atomic E-state index is 11.3. The molecule has 3 rings (SSSR count). The zero-order valence-electron chi connectivity index (χ0n) is 9.22. The second-order valence-electron chi connectivity index (χ2n) is 5.08. The van der Waals surface area contributed by atoms with Crippen LogP contribution in [0.2, 0.25) is 0 Å². The van der Waals surface area contributed by atoms with Gasteiger partial charge in [0.25, 0.3) is 0 Å². The molecule has 0 aliphatic heterocycles. The Morgan fingerprint density at radius 3 is 2.81 bits per heavy atom. The zero-order valence-corrected chi connectivity index (χ0v) is 9.22. The summed E-state index contributed by atoms with van der Waals surface area (Å²) in [7, 11) is 0. The van der Waals surface area contributed by atoms with Crippen LogP contribution in [-0.4, -0.2) is 20.9 Å². The van der Waals surface area contributed by atoms with Crippen LogP contribution in [0.1, 0.15) is 37.8 Å². The number of aliphatic carboxylic acids is 1. The van der Waals surface area contributed by atoms with Crippen molar-refractivity contribution in [3.63, 3.8) is 0 Å². The Hall–Kier alpha value is -1.32. The van der Waals surface area contributed by atoms with Gasteiger partial charge < -0.3 is 5.11 Å².